The SMILES string of the molecule is C.NCCO/N=C(\c1ccc(Cl)cc1)c1cc2ccncc2[nH]1. The van der Waals surface area contributed by atoms with Crippen LogP contribution < -0.4 is 5.73 Å². The van der Waals surface area contributed by atoms with Gasteiger partial charge in [0.1, 0.15) is 12.3 Å². The van der Waals surface area contributed by atoms with Gasteiger partial charge >= 0.3 is 0 Å². The van der Waals surface area contributed by atoms with Gasteiger partial charge in [-0.25, -0.2) is 0 Å². The summed E-state index contributed by atoms with van der Waals surface area (Å²) in [6.45, 7) is 0.771. The highest BCUT2D eigenvalue weighted by Gasteiger charge is 2.11. The molecule has 5 nitrogen and oxygen atoms in total. The Balaban J connectivity index is 0.00000192. The molecule has 0 saturated carbocycles. The Morgan fingerprint density at radius 1 is 1.26 bits per heavy atom. The second kappa shape index (κ2) is 7.76. The maximum Gasteiger partial charge on any atom is 0.133 e. The highest BCUT2D eigenvalue weighted by atomic mass is 35.5. The number of nitrogens with zero attached hydrogens (tertiary/aromatic N) is 2. The maximum atomic E-state index is 5.95. The summed E-state index contributed by atoms with van der Waals surface area (Å²) in [4.78, 5) is 12.7. The lowest BCUT2D eigenvalue weighted by Crippen LogP contribution is -2.09. The van der Waals surface area contributed by atoms with Crippen LogP contribution in [0.3, 0.4) is 0 Å². The number of hydrogen-bond acceptors (Lipinski definition) is 4. The van der Waals surface area contributed by atoms with Crippen molar-refractivity contribution < 1.29 is 4.84 Å². The predicted octanol–water partition coefficient (Wildman–Crippen LogP) is 3.58. The Kier molecular flexibility index (Phi) is 5.73. The number of aromatic amines is 1. The molecule has 2 heterocycles. The molecule has 2 aromatic heterocycles. The van der Waals surface area contributed by atoms with E-state index < -0.39 is 0 Å². The number of halogens is 1. The van der Waals surface area contributed by atoms with E-state index in [9.17, 15) is 0 Å². The van der Waals surface area contributed by atoms with Gasteiger partial charge < -0.3 is 15.6 Å². The molecule has 23 heavy (non-hydrogen) atoms. The molecular weight excluding hydrogens is 312 g/mol. The van der Waals surface area contributed by atoms with Gasteiger partial charge in [0.25, 0.3) is 0 Å². The van der Waals surface area contributed by atoms with E-state index in [0.717, 1.165) is 22.2 Å². The van der Waals surface area contributed by atoms with Crippen molar-refractivity contribution in [3.05, 3.63) is 65.1 Å². The fraction of sp³-hybridized carbons (Fsp3) is 0.176. The smallest absolute Gasteiger partial charge is 0.133 e. The van der Waals surface area contributed by atoms with Gasteiger partial charge in [0.2, 0.25) is 0 Å². The van der Waals surface area contributed by atoms with E-state index in [1.165, 1.54) is 0 Å². The maximum absolute atomic E-state index is 5.95. The third-order valence-electron chi connectivity index (χ3n) is 3.16. The predicted molar refractivity (Wildman–Crippen MR) is 94.9 cm³/mol. The molecule has 0 unspecified atom stereocenters. The summed E-state index contributed by atoms with van der Waals surface area (Å²) < 4.78 is 0. The van der Waals surface area contributed by atoms with E-state index in [-0.39, 0.29) is 7.43 Å². The minimum Gasteiger partial charge on any atom is -0.394 e. The first-order valence-corrected chi connectivity index (χ1v) is 7.25. The van der Waals surface area contributed by atoms with Crippen LogP contribution in [0.25, 0.3) is 10.9 Å². The Labute approximate surface area is 140 Å². The number of nitrogens with one attached hydrogen (secondary N) is 1. The number of nitrogens with two attached hydrogens (primary N) is 1. The highest BCUT2D eigenvalue weighted by molar-refractivity contribution is 6.30. The molecule has 6 heteroatoms. The second-order valence-corrected chi connectivity index (χ2v) is 5.15. The number of aromatic nitrogens is 2. The Morgan fingerprint density at radius 2 is 2.04 bits per heavy atom. The summed E-state index contributed by atoms with van der Waals surface area (Å²) in [6, 6.07) is 11.4. The Morgan fingerprint density at radius 3 is 2.74 bits per heavy atom. The fourth-order valence-corrected chi connectivity index (χ4v) is 2.25. The van der Waals surface area contributed by atoms with Gasteiger partial charge in [-0.15, -0.1) is 0 Å². The van der Waals surface area contributed by atoms with Crippen molar-refractivity contribution in [2.45, 2.75) is 7.43 Å². The minimum absolute atomic E-state index is 0. The van der Waals surface area contributed by atoms with Gasteiger partial charge in [0, 0.05) is 28.7 Å². The number of H-pyrrole nitrogens is 1. The summed E-state index contributed by atoms with van der Waals surface area (Å²) in [5.74, 6) is 0. The molecule has 0 aliphatic heterocycles. The number of hydrogen-bond donors (Lipinski definition) is 2. The van der Waals surface area contributed by atoms with Crippen molar-refractivity contribution in [3.63, 3.8) is 0 Å². The van der Waals surface area contributed by atoms with Crippen LogP contribution in [0.1, 0.15) is 18.7 Å². The van der Waals surface area contributed by atoms with Crippen molar-refractivity contribution in [2.75, 3.05) is 13.2 Å². The van der Waals surface area contributed by atoms with Crippen molar-refractivity contribution >= 4 is 28.2 Å². The number of oxime groups is 1. The lowest BCUT2D eigenvalue weighted by molar-refractivity contribution is 0.152. The van der Waals surface area contributed by atoms with E-state index in [4.69, 9.17) is 22.2 Å². The van der Waals surface area contributed by atoms with Crippen molar-refractivity contribution in [3.8, 4) is 0 Å². The first kappa shape index (κ1) is 17.0. The van der Waals surface area contributed by atoms with Gasteiger partial charge in [-0.1, -0.05) is 36.3 Å². The van der Waals surface area contributed by atoms with Crippen LogP contribution in [0, 0.1) is 0 Å². The molecule has 0 aliphatic carbocycles. The van der Waals surface area contributed by atoms with Crippen molar-refractivity contribution in [1.29, 1.82) is 0 Å². The second-order valence-electron chi connectivity index (χ2n) is 4.71. The molecule has 3 N–H and O–H groups in total. The molecule has 0 radical (unpaired) electrons. The molecule has 0 saturated heterocycles. The fourth-order valence-electron chi connectivity index (χ4n) is 2.13. The minimum atomic E-state index is 0. The third kappa shape index (κ3) is 3.88. The van der Waals surface area contributed by atoms with Crippen molar-refractivity contribution in [2.24, 2.45) is 10.9 Å². The van der Waals surface area contributed by atoms with E-state index in [2.05, 4.69) is 15.1 Å². The van der Waals surface area contributed by atoms with E-state index in [1.54, 1.807) is 12.4 Å². The summed E-state index contributed by atoms with van der Waals surface area (Å²) in [7, 11) is 0. The molecule has 0 bridgehead atoms. The van der Waals surface area contributed by atoms with Crippen LogP contribution in [0.4, 0.5) is 0 Å². The Bertz CT molecular complexity index is 763. The molecule has 120 valence electrons. The summed E-state index contributed by atoms with van der Waals surface area (Å²) >= 11 is 5.95. The van der Waals surface area contributed by atoms with Gasteiger partial charge in [-0.2, -0.15) is 0 Å². The van der Waals surface area contributed by atoms with Crippen LogP contribution in [0.2, 0.25) is 5.02 Å². The van der Waals surface area contributed by atoms with E-state index in [1.807, 2.05) is 36.4 Å². The van der Waals surface area contributed by atoms with E-state index in [0.29, 0.717) is 23.9 Å². The number of rotatable bonds is 5. The summed E-state index contributed by atoms with van der Waals surface area (Å²) in [6.07, 6.45) is 3.53. The monoisotopic (exact) mass is 330 g/mol. The van der Waals surface area contributed by atoms with Crippen LogP contribution in [0.15, 0.2) is 53.9 Å². The largest absolute Gasteiger partial charge is 0.394 e. The van der Waals surface area contributed by atoms with E-state index >= 15 is 0 Å². The lowest BCUT2D eigenvalue weighted by atomic mass is 10.1. The number of pyridine rings is 1. The van der Waals surface area contributed by atoms with Gasteiger partial charge in [-0.3, -0.25) is 4.98 Å². The first-order valence-electron chi connectivity index (χ1n) is 6.87. The van der Waals surface area contributed by atoms with Gasteiger partial charge in [0.05, 0.1) is 17.4 Å². The standard InChI is InChI=1S/C16H15ClN4O.CH4/c17-13-3-1-11(2-4-13)16(21-22-8-6-18)14-9-12-5-7-19-10-15(12)20-14;/h1-5,7,9-10,20H,6,8,18H2;1H4/b21-16+;. The zero-order valence-electron chi connectivity index (χ0n) is 11.8. The third-order valence-corrected chi connectivity index (χ3v) is 3.41. The molecule has 0 spiro atoms. The average molecular weight is 331 g/mol. The molecule has 0 atom stereocenters. The molecule has 0 aliphatic rings. The molecule has 0 amide bonds. The van der Waals surface area contributed by atoms with Crippen LogP contribution in [-0.2, 0) is 4.84 Å². The first-order chi connectivity index (χ1) is 10.8. The quantitative estimate of drug-likeness (QED) is 0.426. The molecule has 0 fully saturated rings. The van der Waals surface area contributed by atoms with Crippen LogP contribution in [-0.4, -0.2) is 28.8 Å². The Hall–Kier alpha value is -2.37. The van der Waals surface area contributed by atoms with Gasteiger partial charge in [-0.05, 0) is 24.3 Å². The summed E-state index contributed by atoms with van der Waals surface area (Å²) in [5.41, 5.74) is 8.84. The average Bonchev–Trinajstić information content (AvgIpc) is 2.96. The normalized spacial score (nSPS) is 11.3. The number of fused-ring (bicyclic) bond motifs is 1. The van der Waals surface area contributed by atoms with Crippen molar-refractivity contribution in [1.82, 2.24) is 9.97 Å². The zero-order valence-corrected chi connectivity index (χ0v) is 12.5. The molecule has 3 aromatic rings. The molecule has 1 aromatic carbocycles. The van der Waals surface area contributed by atoms with Crippen LogP contribution >= 0.6 is 11.6 Å². The highest BCUT2D eigenvalue weighted by Crippen LogP contribution is 2.19. The van der Waals surface area contributed by atoms with Crippen LogP contribution in [0.5, 0.6) is 0 Å². The molecule has 3 rings (SSSR count). The molecular formula is C17H19ClN4O. The van der Waals surface area contributed by atoms with Gasteiger partial charge in [0.15, 0.2) is 0 Å². The zero-order chi connectivity index (χ0) is 15.4. The lowest BCUT2D eigenvalue weighted by Gasteiger charge is -2.05. The topological polar surface area (TPSA) is 76.3 Å². The summed E-state index contributed by atoms with van der Waals surface area (Å²) in [5, 5.41) is 5.95. The number of benzene rings is 1.